The molecule has 130 valence electrons. The Morgan fingerprint density at radius 1 is 1.32 bits per heavy atom. The van der Waals surface area contributed by atoms with Gasteiger partial charge >= 0.3 is 0 Å². The van der Waals surface area contributed by atoms with Crippen LogP contribution in [0.1, 0.15) is 15.2 Å². The lowest BCUT2D eigenvalue weighted by Crippen LogP contribution is -2.35. The maximum Gasteiger partial charge on any atom is 0.271 e. The van der Waals surface area contributed by atoms with Crippen LogP contribution in [0.25, 0.3) is 0 Å². The van der Waals surface area contributed by atoms with Crippen molar-refractivity contribution >= 4 is 34.1 Å². The molecule has 1 amide bonds. The van der Waals surface area contributed by atoms with Crippen LogP contribution in [-0.2, 0) is 4.74 Å². The predicted octanol–water partition coefficient (Wildman–Crippen LogP) is 2.26. The molecule has 1 aromatic heterocycles. The Labute approximate surface area is 147 Å². The number of non-ortho nitro benzene ring substituents is 1. The van der Waals surface area contributed by atoms with Crippen LogP contribution in [0.4, 0.5) is 10.7 Å². The Kier molecular flexibility index (Phi) is 5.36. The van der Waals surface area contributed by atoms with Crippen molar-refractivity contribution in [2.24, 2.45) is 5.10 Å². The quantitative estimate of drug-likeness (QED) is 0.501. The van der Waals surface area contributed by atoms with Gasteiger partial charge in [0.25, 0.3) is 11.6 Å². The fourth-order valence-electron chi connectivity index (χ4n) is 2.35. The summed E-state index contributed by atoms with van der Waals surface area (Å²) in [5, 5.41) is 15.8. The van der Waals surface area contributed by atoms with Crippen LogP contribution in [0.3, 0.4) is 0 Å². The fourth-order valence-corrected chi connectivity index (χ4v) is 3.28. The van der Waals surface area contributed by atoms with Gasteiger partial charge in [0.15, 0.2) is 0 Å². The fraction of sp³-hybridized carbons (Fsp3) is 0.250. The molecule has 1 aliphatic heterocycles. The van der Waals surface area contributed by atoms with Crippen molar-refractivity contribution in [3.05, 3.63) is 57.0 Å². The van der Waals surface area contributed by atoms with E-state index in [1.165, 1.54) is 24.3 Å². The smallest absolute Gasteiger partial charge is 0.271 e. The Morgan fingerprint density at radius 3 is 2.88 bits per heavy atom. The number of carbonyl (C=O) groups is 1. The van der Waals surface area contributed by atoms with E-state index in [-0.39, 0.29) is 11.3 Å². The molecule has 0 radical (unpaired) electrons. The molecule has 25 heavy (non-hydrogen) atoms. The van der Waals surface area contributed by atoms with E-state index in [4.69, 9.17) is 4.74 Å². The summed E-state index contributed by atoms with van der Waals surface area (Å²) in [6, 6.07) is 9.45. The van der Waals surface area contributed by atoms with Gasteiger partial charge in [0.2, 0.25) is 0 Å². The predicted molar refractivity (Wildman–Crippen MR) is 95.5 cm³/mol. The first kappa shape index (κ1) is 17.1. The van der Waals surface area contributed by atoms with Crippen LogP contribution in [0.5, 0.6) is 0 Å². The molecular weight excluding hydrogens is 344 g/mol. The van der Waals surface area contributed by atoms with E-state index in [1.807, 2.05) is 12.1 Å². The van der Waals surface area contributed by atoms with Gasteiger partial charge in [-0.2, -0.15) is 5.10 Å². The Bertz CT molecular complexity index is 799. The molecule has 2 aromatic rings. The number of nitrogens with zero attached hydrogens (tertiary/aromatic N) is 3. The topological polar surface area (TPSA) is 97.1 Å². The van der Waals surface area contributed by atoms with Crippen molar-refractivity contribution < 1.29 is 14.5 Å². The Hall–Kier alpha value is -2.78. The number of rotatable bonds is 5. The van der Waals surface area contributed by atoms with Gasteiger partial charge < -0.3 is 9.64 Å². The number of carbonyl (C=O) groups excluding carboxylic acids is 1. The second-order valence-corrected chi connectivity index (χ2v) is 6.38. The Morgan fingerprint density at radius 2 is 2.12 bits per heavy atom. The number of nitrogens with one attached hydrogen (secondary N) is 1. The van der Waals surface area contributed by atoms with Crippen molar-refractivity contribution in [3.8, 4) is 0 Å². The van der Waals surface area contributed by atoms with Crippen molar-refractivity contribution in [3.63, 3.8) is 0 Å². The van der Waals surface area contributed by atoms with E-state index in [9.17, 15) is 14.9 Å². The van der Waals surface area contributed by atoms with Gasteiger partial charge in [-0.05, 0) is 18.2 Å². The number of anilines is 1. The molecule has 3 rings (SSSR count). The molecule has 0 saturated carbocycles. The van der Waals surface area contributed by atoms with Gasteiger partial charge in [0, 0.05) is 35.7 Å². The zero-order chi connectivity index (χ0) is 17.6. The summed E-state index contributed by atoms with van der Waals surface area (Å²) < 4.78 is 5.33. The molecule has 1 aliphatic rings. The van der Waals surface area contributed by atoms with Gasteiger partial charge in [-0.15, -0.1) is 11.3 Å². The van der Waals surface area contributed by atoms with Crippen molar-refractivity contribution in [2.75, 3.05) is 31.2 Å². The third-order valence-electron chi connectivity index (χ3n) is 3.61. The van der Waals surface area contributed by atoms with Crippen LogP contribution in [0, 0.1) is 10.1 Å². The van der Waals surface area contributed by atoms with E-state index in [1.54, 1.807) is 17.6 Å². The number of ether oxygens (including phenoxy) is 1. The largest absolute Gasteiger partial charge is 0.378 e. The highest BCUT2D eigenvalue weighted by Gasteiger charge is 2.13. The first-order valence-electron chi connectivity index (χ1n) is 7.64. The lowest BCUT2D eigenvalue weighted by Gasteiger charge is -2.27. The Balaban J connectivity index is 1.59. The first-order chi connectivity index (χ1) is 12.1. The minimum atomic E-state index is -0.543. The lowest BCUT2D eigenvalue weighted by molar-refractivity contribution is -0.384. The zero-order valence-corrected chi connectivity index (χ0v) is 14.1. The second-order valence-electron chi connectivity index (χ2n) is 5.28. The summed E-state index contributed by atoms with van der Waals surface area (Å²) in [5.41, 5.74) is 2.44. The van der Waals surface area contributed by atoms with Crippen LogP contribution in [0.15, 0.2) is 41.5 Å². The van der Waals surface area contributed by atoms with E-state index in [0.717, 1.165) is 36.2 Å². The minimum absolute atomic E-state index is 0.134. The van der Waals surface area contributed by atoms with Gasteiger partial charge in [0.05, 0.1) is 29.4 Å². The van der Waals surface area contributed by atoms with Crippen LogP contribution < -0.4 is 10.3 Å². The number of hydrogen-bond acceptors (Lipinski definition) is 7. The third kappa shape index (κ3) is 4.40. The SMILES string of the molecule is O=C(NN=Cc1ccc(N2CCOCC2)s1)c1cccc([N+](=O)[O-])c1. The highest BCUT2D eigenvalue weighted by atomic mass is 32.1. The van der Waals surface area contributed by atoms with Crippen molar-refractivity contribution in [2.45, 2.75) is 0 Å². The van der Waals surface area contributed by atoms with E-state index >= 15 is 0 Å². The molecule has 1 N–H and O–H groups in total. The highest BCUT2D eigenvalue weighted by molar-refractivity contribution is 7.17. The summed E-state index contributed by atoms with van der Waals surface area (Å²) in [6.45, 7) is 3.17. The molecule has 0 atom stereocenters. The summed E-state index contributed by atoms with van der Waals surface area (Å²) in [7, 11) is 0. The third-order valence-corrected chi connectivity index (χ3v) is 4.69. The molecule has 0 bridgehead atoms. The van der Waals surface area contributed by atoms with Gasteiger partial charge in [-0.3, -0.25) is 14.9 Å². The standard InChI is InChI=1S/C16H16N4O4S/c21-16(12-2-1-3-13(10-12)20(22)23)18-17-11-14-4-5-15(25-14)19-6-8-24-9-7-19/h1-5,10-11H,6-9H2,(H,18,21). The molecular formula is C16H16N4O4S. The van der Waals surface area contributed by atoms with Crippen LogP contribution in [-0.4, -0.2) is 43.3 Å². The summed E-state index contributed by atoms with van der Waals surface area (Å²) in [4.78, 5) is 25.3. The molecule has 0 aliphatic carbocycles. The number of hydrazone groups is 1. The summed E-state index contributed by atoms with van der Waals surface area (Å²) >= 11 is 1.57. The summed E-state index contributed by atoms with van der Waals surface area (Å²) in [6.07, 6.45) is 1.56. The normalized spacial score (nSPS) is 14.6. The maximum atomic E-state index is 12.0. The molecule has 1 saturated heterocycles. The van der Waals surface area contributed by atoms with Crippen molar-refractivity contribution in [1.82, 2.24) is 5.43 Å². The average molecular weight is 360 g/mol. The molecule has 1 fully saturated rings. The molecule has 1 aromatic carbocycles. The number of nitro groups is 1. The van der Waals surface area contributed by atoms with E-state index in [2.05, 4.69) is 15.4 Å². The van der Waals surface area contributed by atoms with Crippen molar-refractivity contribution in [1.29, 1.82) is 0 Å². The first-order valence-corrected chi connectivity index (χ1v) is 8.45. The average Bonchev–Trinajstić information content (AvgIpc) is 3.11. The highest BCUT2D eigenvalue weighted by Crippen LogP contribution is 2.25. The zero-order valence-electron chi connectivity index (χ0n) is 13.3. The monoisotopic (exact) mass is 360 g/mol. The van der Waals surface area contributed by atoms with Crippen LogP contribution >= 0.6 is 11.3 Å². The van der Waals surface area contributed by atoms with Gasteiger partial charge in [-0.25, -0.2) is 5.43 Å². The molecule has 0 unspecified atom stereocenters. The maximum absolute atomic E-state index is 12.0. The molecule has 0 spiro atoms. The number of amides is 1. The summed E-state index contributed by atoms with van der Waals surface area (Å²) in [5.74, 6) is -0.495. The number of thiophene rings is 1. The number of morpholine rings is 1. The van der Waals surface area contributed by atoms with Crippen LogP contribution in [0.2, 0.25) is 0 Å². The molecule has 2 heterocycles. The second kappa shape index (κ2) is 7.86. The van der Waals surface area contributed by atoms with Gasteiger partial charge in [0.1, 0.15) is 0 Å². The number of benzene rings is 1. The number of nitro benzene ring substituents is 1. The molecule has 8 nitrogen and oxygen atoms in total. The van der Waals surface area contributed by atoms with Gasteiger partial charge in [-0.1, -0.05) is 6.07 Å². The minimum Gasteiger partial charge on any atom is -0.378 e. The molecule has 9 heteroatoms. The lowest BCUT2D eigenvalue weighted by atomic mass is 10.2. The number of hydrogen-bond donors (Lipinski definition) is 1. The van der Waals surface area contributed by atoms with E-state index in [0.29, 0.717) is 0 Å². The van der Waals surface area contributed by atoms with E-state index < -0.39 is 10.8 Å².